The van der Waals surface area contributed by atoms with Crippen LogP contribution in [0.2, 0.25) is 0 Å². The molecule has 0 bridgehead atoms. The Morgan fingerprint density at radius 3 is 2.37 bits per heavy atom. The fourth-order valence-electron chi connectivity index (χ4n) is 1.56. The lowest BCUT2D eigenvalue weighted by Crippen LogP contribution is -2.34. The fraction of sp³-hybridized carbons (Fsp3) is 0.600. The zero-order valence-corrected chi connectivity index (χ0v) is 12.1. The number of nitrogens with one attached hydrogen (secondary N) is 1. The lowest BCUT2D eigenvalue weighted by Gasteiger charge is -2.22. The smallest absolute Gasteiger partial charge is 0.161 e. The van der Waals surface area contributed by atoms with Crippen molar-refractivity contribution < 1.29 is 14.6 Å². The van der Waals surface area contributed by atoms with Gasteiger partial charge in [-0.3, -0.25) is 0 Å². The van der Waals surface area contributed by atoms with Crippen molar-refractivity contribution in [3.8, 4) is 11.5 Å². The van der Waals surface area contributed by atoms with E-state index in [9.17, 15) is 0 Å². The summed E-state index contributed by atoms with van der Waals surface area (Å²) < 4.78 is 11.2. The fourth-order valence-corrected chi connectivity index (χ4v) is 1.56. The predicted molar refractivity (Wildman–Crippen MR) is 76.8 cm³/mol. The summed E-state index contributed by atoms with van der Waals surface area (Å²) in [5.41, 5.74) is -0.0940. The molecule has 19 heavy (non-hydrogen) atoms. The van der Waals surface area contributed by atoms with Crippen LogP contribution < -0.4 is 14.8 Å². The van der Waals surface area contributed by atoms with Crippen LogP contribution in [0.15, 0.2) is 24.3 Å². The Kier molecular flexibility index (Phi) is 6.67. The predicted octanol–water partition coefficient (Wildman–Crippen LogP) is 2.07. The highest BCUT2D eigenvalue weighted by Crippen LogP contribution is 2.26. The van der Waals surface area contributed by atoms with Crippen LogP contribution in [0.5, 0.6) is 11.5 Å². The standard InChI is InChI=1S/C15H25NO3/c1-4-18-13-7-5-6-8-14(13)19-10-9-16-11-15(2,3)12-17/h5-8,16-17H,4,9-12H2,1-3H3. The van der Waals surface area contributed by atoms with E-state index >= 15 is 0 Å². The molecule has 1 aromatic rings. The van der Waals surface area contributed by atoms with E-state index in [1.54, 1.807) is 0 Å². The topological polar surface area (TPSA) is 50.7 Å². The first kappa shape index (κ1) is 15.8. The van der Waals surface area contributed by atoms with Gasteiger partial charge < -0.3 is 19.9 Å². The summed E-state index contributed by atoms with van der Waals surface area (Å²) in [7, 11) is 0. The lowest BCUT2D eigenvalue weighted by atomic mass is 9.95. The minimum Gasteiger partial charge on any atom is -0.490 e. The maximum atomic E-state index is 9.14. The highest BCUT2D eigenvalue weighted by atomic mass is 16.5. The number of ether oxygens (including phenoxy) is 2. The van der Waals surface area contributed by atoms with Gasteiger partial charge in [0.05, 0.1) is 6.61 Å². The van der Waals surface area contributed by atoms with Crippen molar-refractivity contribution in [2.45, 2.75) is 20.8 Å². The normalized spacial score (nSPS) is 11.4. The molecule has 0 heterocycles. The third-order valence-corrected chi connectivity index (χ3v) is 2.72. The largest absolute Gasteiger partial charge is 0.490 e. The Balaban J connectivity index is 2.29. The van der Waals surface area contributed by atoms with Crippen LogP contribution in [-0.4, -0.2) is 38.0 Å². The van der Waals surface area contributed by atoms with E-state index in [0.29, 0.717) is 13.2 Å². The second-order valence-corrected chi connectivity index (χ2v) is 5.23. The third kappa shape index (κ3) is 5.94. The number of hydrogen-bond acceptors (Lipinski definition) is 4. The van der Waals surface area contributed by atoms with Gasteiger partial charge in [-0.05, 0) is 19.1 Å². The minimum absolute atomic E-state index is 0.0940. The Hall–Kier alpha value is -1.26. The van der Waals surface area contributed by atoms with Gasteiger partial charge in [0, 0.05) is 25.1 Å². The van der Waals surface area contributed by atoms with Gasteiger partial charge in [-0.2, -0.15) is 0 Å². The zero-order chi connectivity index (χ0) is 14.1. The highest BCUT2D eigenvalue weighted by molar-refractivity contribution is 5.39. The van der Waals surface area contributed by atoms with Crippen molar-refractivity contribution >= 4 is 0 Å². The molecule has 4 nitrogen and oxygen atoms in total. The number of aliphatic hydroxyl groups excluding tert-OH is 1. The average Bonchev–Trinajstić information content (AvgIpc) is 2.40. The molecule has 0 unspecified atom stereocenters. The van der Waals surface area contributed by atoms with E-state index in [1.165, 1.54) is 0 Å². The summed E-state index contributed by atoms with van der Waals surface area (Å²) >= 11 is 0. The Labute approximate surface area is 115 Å². The molecular weight excluding hydrogens is 242 g/mol. The van der Waals surface area contributed by atoms with Crippen LogP contribution in [0.3, 0.4) is 0 Å². The van der Waals surface area contributed by atoms with E-state index in [-0.39, 0.29) is 12.0 Å². The second kappa shape index (κ2) is 8.02. The summed E-state index contributed by atoms with van der Waals surface area (Å²) in [5.74, 6) is 1.55. The Morgan fingerprint density at radius 2 is 1.79 bits per heavy atom. The molecule has 0 saturated heterocycles. The maximum absolute atomic E-state index is 9.14. The number of rotatable bonds is 9. The molecule has 108 valence electrons. The second-order valence-electron chi connectivity index (χ2n) is 5.23. The van der Waals surface area contributed by atoms with Gasteiger partial charge in [-0.1, -0.05) is 26.0 Å². The molecule has 0 saturated carbocycles. The van der Waals surface area contributed by atoms with Gasteiger partial charge in [-0.25, -0.2) is 0 Å². The van der Waals surface area contributed by atoms with Gasteiger partial charge >= 0.3 is 0 Å². The van der Waals surface area contributed by atoms with Gasteiger partial charge in [0.1, 0.15) is 6.61 Å². The molecule has 0 spiro atoms. The monoisotopic (exact) mass is 267 g/mol. The number of hydrogen-bond donors (Lipinski definition) is 2. The van der Waals surface area contributed by atoms with Crippen LogP contribution in [0.4, 0.5) is 0 Å². The molecule has 0 amide bonds. The molecule has 0 fully saturated rings. The summed E-state index contributed by atoms with van der Waals surface area (Å²) in [6.45, 7) is 8.87. The van der Waals surface area contributed by atoms with Crippen molar-refractivity contribution in [1.29, 1.82) is 0 Å². The SMILES string of the molecule is CCOc1ccccc1OCCNCC(C)(C)CO. The summed E-state index contributed by atoms with van der Waals surface area (Å²) in [4.78, 5) is 0. The van der Waals surface area contributed by atoms with E-state index in [2.05, 4.69) is 5.32 Å². The van der Waals surface area contributed by atoms with E-state index in [1.807, 2.05) is 45.0 Å². The molecule has 0 aliphatic carbocycles. The molecule has 0 radical (unpaired) electrons. The van der Waals surface area contributed by atoms with Crippen molar-refractivity contribution in [2.24, 2.45) is 5.41 Å². The van der Waals surface area contributed by atoms with Crippen molar-refractivity contribution in [3.05, 3.63) is 24.3 Å². The van der Waals surface area contributed by atoms with Crippen molar-refractivity contribution in [1.82, 2.24) is 5.32 Å². The Bertz CT molecular complexity index is 366. The van der Waals surface area contributed by atoms with Crippen molar-refractivity contribution in [2.75, 3.05) is 32.9 Å². The molecule has 0 aromatic heterocycles. The quantitative estimate of drug-likeness (QED) is 0.673. The first-order chi connectivity index (χ1) is 9.09. The number of aliphatic hydroxyl groups is 1. The van der Waals surface area contributed by atoms with Gasteiger partial charge in [0.2, 0.25) is 0 Å². The van der Waals surface area contributed by atoms with Crippen LogP contribution in [-0.2, 0) is 0 Å². The van der Waals surface area contributed by atoms with Gasteiger partial charge in [0.25, 0.3) is 0 Å². The molecule has 0 atom stereocenters. The molecule has 0 aliphatic rings. The molecule has 1 rings (SSSR count). The van der Waals surface area contributed by atoms with Crippen LogP contribution in [0.1, 0.15) is 20.8 Å². The number of para-hydroxylation sites is 2. The molecule has 0 aliphatic heterocycles. The van der Waals surface area contributed by atoms with E-state index < -0.39 is 0 Å². The molecular formula is C15H25NO3. The third-order valence-electron chi connectivity index (χ3n) is 2.72. The minimum atomic E-state index is -0.0940. The zero-order valence-electron chi connectivity index (χ0n) is 12.1. The van der Waals surface area contributed by atoms with Crippen LogP contribution >= 0.6 is 0 Å². The van der Waals surface area contributed by atoms with E-state index in [4.69, 9.17) is 14.6 Å². The molecule has 4 heteroatoms. The Morgan fingerprint density at radius 1 is 1.16 bits per heavy atom. The van der Waals surface area contributed by atoms with Crippen LogP contribution in [0.25, 0.3) is 0 Å². The maximum Gasteiger partial charge on any atom is 0.161 e. The molecule has 2 N–H and O–H groups in total. The summed E-state index contributed by atoms with van der Waals surface area (Å²) in [5, 5.41) is 12.4. The van der Waals surface area contributed by atoms with Crippen molar-refractivity contribution in [3.63, 3.8) is 0 Å². The first-order valence-electron chi connectivity index (χ1n) is 6.75. The summed E-state index contributed by atoms with van der Waals surface area (Å²) in [6.07, 6.45) is 0. The molecule has 1 aromatic carbocycles. The average molecular weight is 267 g/mol. The summed E-state index contributed by atoms with van der Waals surface area (Å²) in [6, 6.07) is 7.67. The lowest BCUT2D eigenvalue weighted by molar-refractivity contribution is 0.155. The van der Waals surface area contributed by atoms with E-state index in [0.717, 1.165) is 24.6 Å². The highest BCUT2D eigenvalue weighted by Gasteiger charge is 2.15. The van der Waals surface area contributed by atoms with Gasteiger partial charge in [0.15, 0.2) is 11.5 Å². The van der Waals surface area contributed by atoms with Crippen LogP contribution in [0, 0.1) is 5.41 Å². The van der Waals surface area contributed by atoms with Gasteiger partial charge in [-0.15, -0.1) is 0 Å². The number of benzene rings is 1. The first-order valence-corrected chi connectivity index (χ1v) is 6.75.